The Balaban J connectivity index is 5.26. The topological polar surface area (TPSA) is 57.6 Å². The predicted molar refractivity (Wildman–Crippen MR) is 76.8 cm³/mol. The molecule has 1 atom stereocenters. The van der Waals surface area contributed by atoms with Crippen molar-refractivity contribution in [3.63, 3.8) is 0 Å². The van der Waals surface area contributed by atoms with Crippen LogP contribution in [0.15, 0.2) is 0 Å². The van der Waals surface area contributed by atoms with Gasteiger partial charge in [-0.25, -0.2) is 0 Å². The molecule has 0 spiro atoms. The summed E-state index contributed by atoms with van der Waals surface area (Å²) in [5.74, 6) is -0.705. The maximum Gasteiger partial charge on any atom is 0.309 e. The van der Waals surface area contributed by atoms with E-state index in [0.29, 0.717) is 6.42 Å². The summed E-state index contributed by atoms with van der Waals surface area (Å²) in [5, 5.41) is 9.38. The quantitative estimate of drug-likeness (QED) is 0.808. The molecular weight excluding hydrogens is 242 g/mol. The van der Waals surface area contributed by atoms with Crippen LogP contribution in [0.4, 0.5) is 0 Å². The molecule has 0 saturated heterocycles. The minimum atomic E-state index is -0.868. The highest BCUT2D eigenvalue weighted by Gasteiger charge is 2.45. The van der Waals surface area contributed by atoms with Gasteiger partial charge < -0.3 is 10.0 Å². The third kappa shape index (κ3) is 3.95. The summed E-state index contributed by atoms with van der Waals surface area (Å²) in [6, 6.07) is 0. The Hall–Kier alpha value is -1.06. The first-order chi connectivity index (χ1) is 8.34. The summed E-state index contributed by atoms with van der Waals surface area (Å²) in [4.78, 5) is 25.3. The maximum absolute atomic E-state index is 12.2. The molecule has 0 aromatic carbocycles. The third-order valence-electron chi connectivity index (χ3n) is 4.52. The molecule has 19 heavy (non-hydrogen) atoms. The number of carbonyl (C=O) groups excluding carboxylic acids is 1. The van der Waals surface area contributed by atoms with Gasteiger partial charge >= 0.3 is 5.97 Å². The second-order valence-corrected chi connectivity index (χ2v) is 7.10. The molecule has 0 aromatic rings. The van der Waals surface area contributed by atoms with E-state index in [1.54, 1.807) is 32.8 Å². The van der Waals surface area contributed by atoms with Crippen LogP contribution < -0.4 is 0 Å². The normalized spacial score (nSPS) is 14.4. The second kappa shape index (κ2) is 5.93. The van der Waals surface area contributed by atoms with Crippen molar-refractivity contribution in [2.45, 2.75) is 48.0 Å². The molecule has 0 heterocycles. The molecule has 0 bridgehead atoms. The van der Waals surface area contributed by atoms with Crippen molar-refractivity contribution in [1.82, 2.24) is 4.90 Å². The molecule has 1 amide bonds. The molecule has 0 fully saturated rings. The Morgan fingerprint density at radius 2 is 1.53 bits per heavy atom. The predicted octanol–water partition coefficient (Wildman–Crippen LogP) is 2.87. The van der Waals surface area contributed by atoms with E-state index in [1.807, 2.05) is 27.7 Å². The zero-order valence-electron chi connectivity index (χ0n) is 13.6. The fraction of sp³-hybridized carbons (Fsp3) is 0.867. The standard InChI is InChI=1S/C15H29NO3/c1-10(2)11(12(17)16(7)8)9-14(3,4)15(5,6)13(18)19/h10-11H,9H2,1-8H3,(H,18,19). The average Bonchev–Trinajstić information content (AvgIpc) is 2.23. The van der Waals surface area contributed by atoms with Gasteiger partial charge in [-0.3, -0.25) is 9.59 Å². The van der Waals surface area contributed by atoms with E-state index in [4.69, 9.17) is 0 Å². The first-order valence-corrected chi connectivity index (χ1v) is 6.79. The summed E-state index contributed by atoms with van der Waals surface area (Å²) in [5.41, 5.74) is -1.33. The van der Waals surface area contributed by atoms with Gasteiger partial charge in [0, 0.05) is 20.0 Å². The van der Waals surface area contributed by atoms with Crippen molar-refractivity contribution < 1.29 is 14.7 Å². The van der Waals surface area contributed by atoms with E-state index in [2.05, 4.69) is 0 Å². The Morgan fingerprint density at radius 3 is 1.79 bits per heavy atom. The summed E-state index contributed by atoms with van der Waals surface area (Å²) >= 11 is 0. The van der Waals surface area contributed by atoms with Gasteiger partial charge in [0.1, 0.15) is 0 Å². The van der Waals surface area contributed by atoms with Gasteiger partial charge in [-0.05, 0) is 31.6 Å². The Morgan fingerprint density at radius 1 is 1.11 bits per heavy atom. The second-order valence-electron chi connectivity index (χ2n) is 7.10. The molecule has 0 aliphatic heterocycles. The fourth-order valence-corrected chi connectivity index (χ4v) is 2.03. The monoisotopic (exact) mass is 271 g/mol. The van der Waals surface area contributed by atoms with E-state index >= 15 is 0 Å². The van der Waals surface area contributed by atoms with E-state index in [1.165, 1.54) is 0 Å². The zero-order valence-corrected chi connectivity index (χ0v) is 13.6. The molecule has 0 radical (unpaired) electrons. The van der Waals surface area contributed by atoms with E-state index in [0.717, 1.165) is 0 Å². The maximum atomic E-state index is 12.2. The van der Waals surface area contributed by atoms with Crippen LogP contribution in [0.2, 0.25) is 0 Å². The molecule has 0 aromatic heterocycles. The molecule has 0 saturated carbocycles. The number of hydrogen-bond donors (Lipinski definition) is 1. The van der Waals surface area contributed by atoms with Crippen LogP contribution in [0.25, 0.3) is 0 Å². The van der Waals surface area contributed by atoms with Crippen molar-refractivity contribution >= 4 is 11.9 Å². The van der Waals surface area contributed by atoms with Crippen LogP contribution in [0.1, 0.15) is 48.0 Å². The van der Waals surface area contributed by atoms with E-state index < -0.39 is 16.8 Å². The highest BCUT2D eigenvalue weighted by Crippen LogP contribution is 2.45. The number of carboxylic acid groups (broad SMARTS) is 1. The summed E-state index contributed by atoms with van der Waals surface area (Å²) in [6.45, 7) is 11.3. The molecule has 1 unspecified atom stereocenters. The molecule has 1 N–H and O–H groups in total. The van der Waals surface area contributed by atoms with E-state index in [-0.39, 0.29) is 17.7 Å². The lowest BCUT2D eigenvalue weighted by molar-refractivity contribution is -0.156. The largest absolute Gasteiger partial charge is 0.481 e. The van der Waals surface area contributed by atoms with Crippen molar-refractivity contribution in [3.05, 3.63) is 0 Å². The zero-order chi connectivity index (χ0) is 15.6. The highest BCUT2D eigenvalue weighted by atomic mass is 16.4. The summed E-state index contributed by atoms with van der Waals surface area (Å²) < 4.78 is 0. The lowest BCUT2D eigenvalue weighted by Gasteiger charge is -2.41. The summed E-state index contributed by atoms with van der Waals surface area (Å²) in [6.07, 6.45) is 0.570. The van der Waals surface area contributed by atoms with Crippen LogP contribution in [0.3, 0.4) is 0 Å². The molecule has 0 aliphatic carbocycles. The van der Waals surface area contributed by atoms with Crippen molar-refractivity contribution in [2.75, 3.05) is 14.1 Å². The number of hydrogen-bond acceptors (Lipinski definition) is 2. The van der Waals surface area contributed by atoms with Crippen LogP contribution in [-0.2, 0) is 9.59 Å². The van der Waals surface area contributed by atoms with E-state index in [9.17, 15) is 14.7 Å². The number of carbonyl (C=O) groups is 2. The van der Waals surface area contributed by atoms with Gasteiger partial charge in [0.05, 0.1) is 5.41 Å². The van der Waals surface area contributed by atoms with Gasteiger partial charge in [0.2, 0.25) is 5.91 Å². The third-order valence-corrected chi connectivity index (χ3v) is 4.52. The highest BCUT2D eigenvalue weighted by molar-refractivity contribution is 5.79. The lowest BCUT2D eigenvalue weighted by atomic mass is 9.62. The van der Waals surface area contributed by atoms with Gasteiger partial charge in [-0.1, -0.05) is 27.7 Å². The van der Waals surface area contributed by atoms with Gasteiger partial charge in [-0.15, -0.1) is 0 Å². The fourth-order valence-electron chi connectivity index (χ4n) is 2.03. The molecule has 112 valence electrons. The molecular formula is C15H29NO3. The van der Waals surface area contributed by atoms with Gasteiger partial charge in [0.25, 0.3) is 0 Å². The van der Waals surface area contributed by atoms with Crippen molar-refractivity contribution in [3.8, 4) is 0 Å². The average molecular weight is 271 g/mol. The molecule has 4 nitrogen and oxygen atoms in total. The Kier molecular flexibility index (Phi) is 5.60. The van der Waals surface area contributed by atoms with Crippen LogP contribution in [0, 0.1) is 22.7 Å². The minimum Gasteiger partial charge on any atom is -0.481 e. The van der Waals surface area contributed by atoms with Crippen molar-refractivity contribution in [1.29, 1.82) is 0 Å². The van der Waals surface area contributed by atoms with Gasteiger partial charge in [-0.2, -0.15) is 0 Å². The number of amides is 1. The number of aliphatic carboxylic acids is 1. The Bertz CT molecular complexity index is 343. The van der Waals surface area contributed by atoms with Crippen LogP contribution in [0.5, 0.6) is 0 Å². The smallest absolute Gasteiger partial charge is 0.309 e. The molecule has 0 rings (SSSR count). The minimum absolute atomic E-state index is 0.0734. The summed E-state index contributed by atoms with van der Waals surface area (Å²) in [7, 11) is 3.49. The first kappa shape index (κ1) is 17.9. The molecule has 4 heteroatoms. The number of nitrogens with zero attached hydrogens (tertiary/aromatic N) is 1. The number of carboxylic acids is 1. The molecule has 0 aliphatic rings. The Labute approximate surface area is 117 Å². The van der Waals surface area contributed by atoms with Gasteiger partial charge in [0.15, 0.2) is 0 Å². The van der Waals surface area contributed by atoms with Crippen LogP contribution >= 0.6 is 0 Å². The van der Waals surface area contributed by atoms with Crippen molar-refractivity contribution in [2.24, 2.45) is 22.7 Å². The number of rotatable bonds is 6. The SMILES string of the molecule is CC(C)C(CC(C)(C)C(C)(C)C(=O)O)C(=O)N(C)C. The van der Waals surface area contributed by atoms with Crippen LogP contribution in [-0.4, -0.2) is 36.0 Å². The lowest BCUT2D eigenvalue weighted by Crippen LogP contribution is -2.44. The first-order valence-electron chi connectivity index (χ1n) is 6.79.